The molecular weight excluding hydrogens is 144 g/mol. The van der Waals surface area contributed by atoms with Crippen molar-refractivity contribution < 1.29 is 13.2 Å². The van der Waals surface area contributed by atoms with Gasteiger partial charge in [-0.3, -0.25) is 4.79 Å². The van der Waals surface area contributed by atoms with Crippen LogP contribution in [0.4, 0.5) is 0 Å². The average Bonchev–Trinajstić information content (AvgIpc) is 1.59. The van der Waals surface area contributed by atoms with Crippen molar-refractivity contribution in [3.8, 4) is 0 Å². The molecule has 0 aromatic heterocycles. The van der Waals surface area contributed by atoms with Crippen LogP contribution in [0.2, 0.25) is 0 Å². The van der Waals surface area contributed by atoms with Gasteiger partial charge in [-0.25, -0.2) is 13.6 Å². The maximum Gasteiger partial charge on any atom is 0.218 e. The first-order chi connectivity index (χ1) is 3.92. The topological polar surface area (TPSA) is 103 Å². The Kier molecular flexibility index (Phi) is 2.60. The van der Waals surface area contributed by atoms with Crippen molar-refractivity contribution >= 4 is 15.9 Å². The number of nitrogens with two attached hydrogens (primary N) is 2. The molecule has 5 nitrogen and oxygen atoms in total. The highest BCUT2D eigenvalue weighted by molar-refractivity contribution is 7.89. The summed E-state index contributed by atoms with van der Waals surface area (Å²) in [7, 11) is -3.52. The molecule has 6 heteroatoms. The highest BCUT2D eigenvalue weighted by Gasteiger charge is 2.03. The number of carbonyl (C=O) groups excluding carboxylic acids is 1. The van der Waals surface area contributed by atoms with Crippen LogP contribution in [0, 0.1) is 0 Å². The number of primary amides is 1. The molecule has 0 rings (SSSR count). The average molecular weight is 152 g/mol. The zero-order chi connectivity index (χ0) is 7.49. The van der Waals surface area contributed by atoms with Gasteiger partial charge < -0.3 is 5.73 Å². The second kappa shape index (κ2) is 2.79. The Morgan fingerprint density at radius 2 is 1.89 bits per heavy atom. The molecule has 54 valence electrons. The molecule has 0 saturated heterocycles. The Morgan fingerprint density at radius 3 is 2.00 bits per heavy atom. The van der Waals surface area contributed by atoms with Crippen molar-refractivity contribution in [3.05, 3.63) is 0 Å². The van der Waals surface area contributed by atoms with E-state index in [1.54, 1.807) is 0 Å². The monoisotopic (exact) mass is 152 g/mol. The van der Waals surface area contributed by atoms with E-state index in [1.165, 1.54) is 0 Å². The minimum absolute atomic E-state index is 0.209. The molecule has 0 radical (unpaired) electrons. The summed E-state index contributed by atoms with van der Waals surface area (Å²) >= 11 is 0. The van der Waals surface area contributed by atoms with Crippen molar-refractivity contribution in [3.63, 3.8) is 0 Å². The number of hydrogen-bond acceptors (Lipinski definition) is 3. The number of carbonyl (C=O) groups is 1. The maximum atomic E-state index is 10.1. The van der Waals surface area contributed by atoms with Gasteiger partial charge in [0.25, 0.3) is 0 Å². The molecule has 0 saturated carbocycles. The number of rotatable bonds is 3. The molecule has 0 aromatic rings. The van der Waals surface area contributed by atoms with Gasteiger partial charge in [-0.2, -0.15) is 0 Å². The molecular formula is C3H8N2O3S. The van der Waals surface area contributed by atoms with Crippen molar-refractivity contribution in [1.82, 2.24) is 0 Å². The molecule has 0 aromatic carbocycles. The number of sulfonamides is 1. The van der Waals surface area contributed by atoms with Gasteiger partial charge in [0, 0.05) is 6.42 Å². The van der Waals surface area contributed by atoms with Crippen LogP contribution in [0.15, 0.2) is 0 Å². The number of amides is 1. The lowest BCUT2D eigenvalue weighted by molar-refractivity contribution is -0.117. The van der Waals surface area contributed by atoms with Crippen molar-refractivity contribution in [2.24, 2.45) is 10.9 Å². The molecule has 0 aliphatic heterocycles. The molecule has 0 aliphatic carbocycles. The van der Waals surface area contributed by atoms with Gasteiger partial charge in [0.1, 0.15) is 0 Å². The van der Waals surface area contributed by atoms with E-state index in [4.69, 9.17) is 0 Å². The van der Waals surface area contributed by atoms with Gasteiger partial charge in [0.05, 0.1) is 5.75 Å². The Hall–Kier alpha value is -0.620. The second-order valence-electron chi connectivity index (χ2n) is 1.58. The number of hydrogen-bond donors (Lipinski definition) is 2. The third-order valence-electron chi connectivity index (χ3n) is 0.633. The largest absolute Gasteiger partial charge is 0.370 e. The molecule has 0 unspecified atom stereocenters. The lowest BCUT2D eigenvalue weighted by Crippen LogP contribution is -2.22. The summed E-state index contributed by atoms with van der Waals surface area (Å²) < 4.78 is 20.2. The van der Waals surface area contributed by atoms with E-state index in [2.05, 4.69) is 10.9 Å². The zero-order valence-electron chi connectivity index (χ0n) is 4.70. The van der Waals surface area contributed by atoms with Crippen LogP contribution in [-0.2, 0) is 14.8 Å². The summed E-state index contributed by atoms with van der Waals surface area (Å²) in [5, 5.41) is 4.55. The minimum Gasteiger partial charge on any atom is -0.370 e. The Labute approximate surface area is 53.1 Å². The van der Waals surface area contributed by atoms with Crippen molar-refractivity contribution in [1.29, 1.82) is 0 Å². The van der Waals surface area contributed by atoms with Crippen LogP contribution >= 0.6 is 0 Å². The summed E-state index contributed by atoms with van der Waals surface area (Å²) in [6.07, 6.45) is -0.209. The molecule has 9 heavy (non-hydrogen) atoms. The molecule has 0 aliphatic rings. The number of primary sulfonamides is 1. The van der Waals surface area contributed by atoms with Gasteiger partial charge in [0.15, 0.2) is 0 Å². The minimum atomic E-state index is -3.52. The fourth-order valence-electron chi connectivity index (χ4n) is 0.243. The highest BCUT2D eigenvalue weighted by Crippen LogP contribution is 1.81. The Bertz CT molecular complexity index is 195. The molecule has 0 fully saturated rings. The third-order valence-corrected chi connectivity index (χ3v) is 1.41. The SMILES string of the molecule is NC(=O)CCS(N)(=O)=O. The first kappa shape index (κ1) is 8.38. The normalized spacial score (nSPS) is 11.2. The first-order valence-corrected chi connectivity index (χ1v) is 3.92. The van der Waals surface area contributed by atoms with E-state index in [0.29, 0.717) is 0 Å². The lowest BCUT2D eigenvalue weighted by Gasteiger charge is -1.91. The smallest absolute Gasteiger partial charge is 0.218 e. The predicted octanol–water partition coefficient (Wildman–Crippen LogP) is -1.85. The third kappa shape index (κ3) is 7.38. The van der Waals surface area contributed by atoms with E-state index < -0.39 is 15.9 Å². The fraction of sp³-hybridized carbons (Fsp3) is 0.667. The van der Waals surface area contributed by atoms with E-state index in [1.807, 2.05) is 0 Å². The quantitative estimate of drug-likeness (QED) is 0.496. The van der Waals surface area contributed by atoms with Gasteiger partial charge in [-0.15, -0.1) is 0 Å². The van der Waals surface area contributed by atoms with Crippen molar-refractivity contribution in [2.75, 3.05) is 5.75 Å². The first-order valence-electron chi connectivity index (χ1n) is 2.20. The van der Waals surface area contributed by atoms with Crippen LogP contribution in [0.3, 0.4) is 0 Å². The molecule has 4 N–H and O–H groups in total. The zero-order valence-corrected chi connectivity index (χ0v) is 5.52. The fourth-order valence-corrected chi connectivity index (χ4v) is 0.729. The summed E-state index contributed by atoms with van der Waals surface area (Å²) in [6.45, 7) is 0. The Balaban J connectivity index is 3.67. The summed E-state index contributed by atoms with van der Waals surface area (Å²) in [4.78, 5) is 9.95. The molecule has 0 spiro atoms. The highest BCUT2D eigenvalue weighted by atomic mass is 32.2. The van der Waals surface area contributed by atoms with Gasteiger partial charge in [-0.05, 0) is 0 Å². The van der Waals surface area contributed by atoms with E-state index >= 15 is 0 Å². The van der Waals surface area contributed by atoms with E-state index in [9.17, 15) is 13.2 Å². The van der Waals surface area contributed by atoms with Gasteiger partial charge in [0.2, 0.25) is 15.9 Å². The van der Waals surface area contributed by atoms with E-state index in [-0.39, 0.29) is 12.2 Å². The standard InChI is InChI=1S/C3H8N2O3S/c4-3(6)1-2-9(5,7)8/h1-2H2,(H2,4,6)(H2,5,7,8). The van der Waals surface area contributed by atoms with Crippen LogP contribution in [0.25, 0.3) is 0 Å². The second-order valence-corrected chi connectivity index (χ2v) is 3.32. The predicted molar refractivity (Wildman–Crippen MR) is 31.8 cm³/mol. The summed E-state index contributed by atoms with van der Waals surface area (Å²) in [6, 6.07) is 0. The van der Waals surface area contributed by atoms with Crippen LogP contribution < -0.4 is 10.9 Å². The van der Waals surface area contributed by atoms with Gasteiger partial charge >= 0.3 is 0 Å². The van der Waals surface area contributed by atoms with Crippen LogP contribution in [0.1, 0.15) is 6.42 Å². The Morgan fingerprint density at radius 1 is 1.44 bits per heavy atom. The maximum absolute atomic E-state index is 10.1. The lowest BCUT2D eigenvalue weighted by atomic mass is 10.5. The van der Waals surface area contributed by atoms with Crippen LogP contribution in [-0.4, -0.2) is 20.1 Å². The van der Waals surface area contributed by atoms with Crippen LogP contribution in [0.5, 0.6) is 0 Å². The molecule has 0 atom stereocenters. The summed E-state index contributed by atoms with van der Waals surface area (Å²) in [5.41, 5.74) is 4.64. The molecule has 1 amide bonds. The van der Waals surface area contributed by atoms with Gasteiger partial charge in [-0.1, -0.05) is 0 Å². The van der Waals surface area contributed by atoms with E-state index in [0.717, 1.165) is 0 Å². The summed E-state index contributed by atoms with van der Waals surface area (Å²) in [5.74, 6) is -1.04. The molecule has 0 heterocycles. The molecule has 0 bridgehead atoms. The van der Waals surface area contributed by atoms with Crippen molar-refractivity contribution in [2.45, 2.75) is 6.42 Å².